The quantitative estimate of drug-likeness (QED) is 0.181. The first-order chi connectivity index (χ1) is 24.0. The van der Waals surface area contributed by atoms with Crippen molar-refractivity contribution in [3.05, 3.63) is 94.8 Å². The largest absolute Gasteiger partial charge is 0.444 e. The summed E-state index contributed by atoms with van der Waals surface area (Å²) in [4.78, 5) is 57.5. The Labute approximate surface area is 294 Å². The van der Waals surface area contributed by atoms with Gasteiger partial charge in [0.1, 0.15) is 12.1 Å². The summed E-state index contributed by atoms with van der Waals surface area (Å²) in [7, 11) is 0. The zero-order valence-corrected chi connectivity index (χ0v) is 28.7. The Hall–Kier alpha value is -5.63. The molecule has 4 aromatic rings. The van der Waals surface area contributed by atoms with Crippen molar-refractivity contribution < 1.29 is 23.9 Å². The molecule has 4 amide bonds. The topological polar surface area (TPSA) is 173 Å². The van der Waals surface area contributed by atoms with Gasteiger partial charge in [0.25, 0.3) is 11.7 Å². The molecule has 0 spiro atoms. The lowest BCUT2D eigenvalue weighted by molar-refractivity contribution is -0.117. The summed E-state index contributed by atoms with van der Waals surface area (Å²) < 4.78 is 5.17. The van der Waals surface area contributed by atoms with Crippen LogP contribution in [0.3, 0.4) is 0 Å². The molecule has 1 aromatic heterocycles. The number of carbonyl (C=O) groups excluding carboxylic acids is 4. The lowest BCUT2D eigenvalue weighted by atomic mass is 10.00. The average molecular weight is 700 g/mol. The van der Waals surface area contributed by atoms with Gasteiger partial charge >= 0.3 is 6.09 Å². The molecule has 0 saturated heterocycles. The Morgan fingerprint density at radius 2 is 1.68 bits per heavy atom. The molecule has 1 aliphatic rings. The minimum absolute atomic E-state index is 0.0155. The van der Waals surface area contributed by atoms with E-state index in [0.717, 1.165) is 11.1 Å². The Morgan fingerprint density at radius 1 is 0.940 bits per heavy atom. The second-order valence-corrected chi connectivity index (χ2v) is 12.8. The van der Waals surface area contributed by atoms with Crippen molar-refractivity contribution in [2.75, 3.05) is 36.4 Å². The van der Waals surface area contributed by atoms with Crippen LogP contribution in [0.1, 0.15) is 61.8 Å². The van der Waals surface area contributed by atoms with Crippen molar-refractivity contribution >= 4 is 52.5 Å². The van der Waals surface area contributed by atoms with Crippen molar-refractivity contribution in [2.24, 2.45) is 4.99 Å². The van der Waals surface area contributed by atoms with E-state index in [1.165, 1.54) is 4.80 Å². The van der Waals surface area contributed by atoms with Gasteiger partial charge in [-0.05, 0) is 81.3 Å². The summed E-state index contributed by atoms with van der Waals surface area (Å²) in [5, 5.41) is 20.8. The van der Waals surface area contributed by atoms with Crippen LogP contribution < -0.4 is 20.9 Å². The summed E-state index contributed by atoms with van der Waals surface area (Å²) in [5.41, 5.74) is 3.56. The number of amides is 4. The summed E-state index contributed by atoms with van der Waals surface area (Å²) in [6, 6.07) is 21.7. The van der Waals surface area contributed by atoms with Crippen LogP contribution in [-0.4, -0.2) is 81.5 Å². The van der Waals surface area contributed by atoms with Crippen LogP contribution in [0.25, 0.3) is 5.69 Å². The van der Waals surface area contributed by atoms with Gasteiger partial charge < -0.3 is 25.6 Å². The molecular formula is C35H38ClN9O5. The molecular weight excluding hydrogens is 662 g/mol. The number of hydrogen-bond donors (Lipinski definition) is 3. The first-order valence-corrected chi connectivity index (χ1v) is 16.5. The smallest absolute Gasteiger partial charge is 0.407 e. The summed E-state index contributed by atoms with van der Waals surface area (Å²) >= 11 is 6.34. The molecule has 3 N–H and O–H groups in total. The van der Waals surface area contributed by atoms with Crippen LogP contribution in [0.15, 0.2) is 77.8 Å². The number of ether oxygens (including phenoxy) is 1. The number of tetrazole rings is 1. The molecule has 0 atom stereocenters. The molecule has 5 rings (SSSR count). The van der Waals surface area contributed by atoms with Crippen LogP contribution in [0.4, 0.5) is 16.2 Å². The highest BCUT2D eigenvalue weighted by molar-refractivity contribution is 6.32. The predicted molar refractivity (Wildman–Crippen MR) is 189 cm³/mol. The fourth-order valence-corrected chi connectivity index (χ4v) is 5.23. The van der Waals surface area contributed by atoms with E-state index in [1.807, 2.05) is 42.5 Å². The minimum atomic E-state index is -0.587. The van der Waals surface area contributed by atoms with E-state index in [9.17, 15) is 19.2 Å². The van der Waals surface area contributed by atoms with E-state index < -0.39 is 17.6 Å². The molecule has 0 radical (unpaired) electrons. The van der Waals surface area contributed by atoms with Gasteiger partial charge in [0.2, 0.25) is 11.8 Å². The molecule has 260 valence electrons. The highest BCUT2D eigenvalue weighted by atomic mass is 35.5. The van der Waals surface area contributed by atoms with Crippen molar-refractivity contribution in [2.45, 2.75) is 45.6 Å². The third kappa shape index (κ3) is 9.72. The maximum Gasteiger partial charge on any atom is 0.407 e. The number of aliphatic imine (C=N–C) groups is 1. The predicted octanol–water partition coefficient (Wildman–Crippen LogP) is 4.56. The molecule has 3 aromatic carbocycles. The average Bonchev–Trinajstić information content (AvgIpc) is 3.53. The van der Waals surface area contributed by atoms with E-state index >= 15 is 0 Å². The number of aromatic nitrogens is 4. The van der Waals surface area contributed by atoms with E-state index in [4.69, 9.17) is 16.3 Å². The van der Waals surface area contributed by atoms with E-state index in [-0.39, 0.29) is 37.1 Å². The van der Waals surface area contributed by atoms with Gasteiger partial charge in [-0.15, -0.1) is 15.0 Å². The first-order valence-electron chi connectivity index (χ1n) is 16.1. The third-order valence-electron chi connectivity index (χ3n) is 7.32. The second kappa shape index (κ2) is 16.2. The van der Waals surface area contributed by atoms with E-state index in [0.29, 0.717) is 53.7 Å². The SMILES string of the molecule is CC(C)(C)OC(=O)NCCCC(=O)Nc1ccc(-n2nnc(C(=O)NCCCN3C(=O)CN=C(c4ccccc4)c4cc(Cl)ccc43)n2)cc1. The lowest BCUT2D eigenvalue weighted by Gasteiger charge is -2.23. The summed E-state index contributed by atoms with van der Waals surface area (Å²) in [5.74, 6) is -0.992. The number of halogens is 1. The number of fused-ring (bicyclic) bond motifs is 1. The fourth-order valence-electron chi connectivity index (χ4n) is 5.06. The minimum Gasteiger partial charge on any atom is -0.444 e. The maximum absolute atomic E-state index is 13.1. The lowest BCUT2D eigenvalue weighted by Crippen LogP contribution is -2.35. The van der Waals surface area contributed by atoms with Gasteiger partial charge in [-0.25, -0.2) is 4.79 Å². The monoisotopic (exact) mass is 699 g/mol. The molecule has 0 bridgehead atoms. The number of nitrogens with zero attached hydrogens (tertiary/aromatic N) is 6. The molecule has 2 heterocycles. The summed E-state index contributed by atoms with van der Waals surface area (Å²) in [6.07, 6.45) is 0.590. The van der Waals surface area contributed by atoms with Crippen molar-refractivity contribution in [3.63, 3.8) is 0 Å². The van der Waals surface area contributed by atoms with Crippen molar-refractivity contribution in [3.8, 4) is 5.69 Å². The van der Waals surface area contributed by atoms with Crippen LogP contribution in [-0.2, 0) is 14.3 Å². The highest BCUT2D eigenvalue weighted by Crippen LogP contribution is 2.30. The number of anilines is 2. The second-order valence-electron chi connectivity index (χ2n) is 12.4. The van der Waals surface area contributed by atoms with Gasteiger partial charge in [0.05, 0.1) is 17.1 Å². The summed E-state index contributed by atoms with van der Waals surface area (Å²) in [6.45, 7) is 6.23. The Kier molecular flexibility index (Phi) is 11.5. The molecule has 14 nitrogen and oxygen atoms in total. The fraction of sp³-hybridized carbons (Fsp3) is 0.314. The Morgan fingerprint density at radius 3 is 2.42 bits per heavy atom. The Bertz CT molecular complexity index is 1870. The van der Waals surface area contributed by atoms with Gasteiger partial charge in [0.15, 0.2) is 0 Å². The molecule has 1 aliphatic heterocycles. The first kappa shape index (κ1) is 35.7. The van der Waals surface area contributed by atoms with Crippen LogP contribution in [0, 0.1) is 0 Å². The number of rotatable bonds is 12. The molecule has 50 heavy (non-hydrogen) atoms. The van der Waals surface area contributed by atoms with E-state index in [1.54, 1.807) is 56.0 Å². The van der Waals surface area contributed by atoms with Crippen LogP contribution in [0.5, 0.6) is 0 Å². The number of nitrogens with one attached hydrogen (secondary N) is 3. The van der Waals surface area contributed by atoms with Crippen LogP contribution in [0.2, 0.25) is 5.02 Å². The molecule has 0 aliphatic carbocycles. The zero-order valence-electron chi connectivity index (χ0n) is 28.0. The van der Waals surface area contributed by atoms with Gasteiger partial charge in [0, 0.05) is 47.9 Å². The number of benzodiazepines with no additional fused rings is 1. The van der Waals surface area contributed by atoms with Gasteiger partial charge in [-0.2, -0.15) is 0 Å². The normalized spacial score (nSPS) is 12.8. The molecule has 0 saturated carbocycles. The van der Waals surface area contributed by atoms with Crippen molar-refractivity contribution in [1.82, 2.24) is 30.8 Å². The molecule has 0 fully saturated rings. The van der Waals surface area contributed by atoms with Gasteiger partial charge in [-0.3, -0.25) is 19.4 Å². The maximum atomic E-state index is 13.1. The number of carbonyl (C=O) groups is 4. The standard InChI is InChI=1S/C35H38ClN9O5/c1-35(2,3)50-34(49)38-18-7-11-29(46)40-25-13-15-26(16-14-25)45-42-32(41-43-45)33(48)37-19-8-20-44-28-17-12-24(36)21-27(28)31(39-22-30(44)47)23-9-5-4-6-10-23/h4-6,9-10,12-17,21H,7-8,11,18-20,22H2,1-3H3,(H,37,48)(H,38,49)(H,40,46). The number of hydrogen-bond acceptors (Lipinski definition) is 9. The van der Waals surface area contributed by atoms with Gasteiger partial charge in [-0.1, -0.05) is 41.9 Å². The molecule has 0 unspecified atom stereocenters. The third-order valence-corrected chi connectivity index (χ3v) is 7.55. The Balaban J connectivity index is 1.09. The van der Waals surface area contributed by atoms with Crippen molar-refractivity contribution in [1.29, 1.82) is 0 Å². The molecule has 15 heteroatoms. The van der Waals surface area contributed by atoms with E-state index in [2.05, 4.69) is 36.4 Å². The highest BCUT2D eigenvalue weighted by Gasteiger charge is 2.25. The number of benzene rings is 3. The zero-order chi connectivity index (χ0) is 35.7. The number of alkyl carbamates (subject to hydrolysis) is 1. The van der Waals surface area contributed by atoms with Crippen LogP contribution >= 0.6 is 11.6 Å².